The minimum atomic E-state index is 0.525. The van der Waals surface area contributed by atoms with Crippen LogP contribution in [0.1, 0.15) is 11.1 Å². The molecule has 0 fully saturated rings. The van der Waals surface area contributed by atoms with E-state index in [9.17, 15) is 0 Å². The molecule has 1 aromatic heterocycles. The Balaban J connectivity index is 2.11. The highest BCUT2D eigenvalue weighted by molar-refractivity contribution is 5.80. The number of aromatic nitrogens is 2. The van der Waals surface area contributed by atoms with Crippen molar-refractivity contribution < 1.29 is 4.74 Å². The molecule has 0 aliphatic heterocycles. The Kier molecular flexibility index (Phi) is 3.06. The fourth-order valence-electron chi connectivity index (χ4n) is 2.37. The fourth-order valence-corrected chi connectivity index (χ4v) is 2.37. The zero-order valence-electron chi connectivity index (χ0n) is 11.6. The number of imidazole rings is 1. The van der Waals surface area contributed by atoms with Gasteiger partial charge in [-0.3, -0.25) is 0 Å². The molecule has 4 heteroatoms. The van der Waals surface area contributed by atoms with Crippen LogP contribution in [0.5, 0.6) is 5.75 Å². The number of ether oxygens (including phenoxy) is 1. The predicted octanol–water partition coefficient (Wildman–Crippen LogP) is 2.98. The number of rotatable bonds is 3. The SMILES string of the molecule is COc1ccc2nc(N)n(Cc3ccccc3C)c2c1. The molecule has 3 rings (SSSR count). The van der Waals surface area contributed by atoms with Crippen molar-refractivity contribution in [1.29, 1.82) is 0 Å². The van der Waals surface area contributed by atoms with Crippen molar-refractivity contribution in [3.05, 3.63) is 53.6 Å². The lowest BCUT2D eigenvalue weighted by Gasteiger charge is -2.09. The predicted molar refractivity (Wildman–Crippen MR) is 81.0 cm³/mol. The van der Waals surface area contributed by atoms with Gasteiger partial charge in [0, 0.05) is 6.07 Å². The van der Waals surface area contributed by atoms with Crippen LogP contribution in [0.2, 0.25) is 0 Å². The third kappa shape index (κ3) is 2.09. The summed E-state index contributed by atoms with van der Waals surface area (Å²) in [5.41, 5.74) is 10.4. The molecular weight excluding hydrogens is 250 g/mol. The van der Waals surface area contributed by atoms with Gasteiger partial charge in [-0.25, -0.2) is 4.98 Å². The van der Waals surface area contributed by atoms with E-state index in [4.69, 9.17) is 10.5 Å². The van der Waals surface area contributed by atoms with Gasteiger partial charge in [-0.1, -0.05) is 24.3 Å². The number of aryl methyl sites for hydroxylation is 1. The van der Waals surface area contributed by atoms with Crippen molar-refractivity contribution in [3.8, 4) is 5.75 Å². The van der Waals surface area contributed by atoms with Crippen molar-refractivity contribution in [3.63, 3.8) is 0 Å². The molecule has 102 valence electrons. The number of nitrogens with two attached hydrogens (primary N) is 1. The van der Waals surface area contributed by atoms with Gasteiger partial charge in [0.15, 0.2) is 0 Å². The van der Waals surface area contributed by atoms with E-state index in [2.05, 4.69) is 24.0 Å². The molecule has 0 unspecified atom stereocenters. The summed E-state index contributed by atoms with van der Waals surface area (Å²) in [6, 6.07) is 14.1. The Hall–Kier alpha value is -2.49. The quantitative estimate of drug-likeness (QED) is 0.793. The molecule has 2 N–H and O–H groups in total. The zero-order valence-corrected chi connectivity index (χ0v) is 11.6. The van der Waals surface area contributed by atoms with E-state index in [0.29, 0.717) is 12.5 Å². The maximum Gasteiger partial charge on any atom is 0.201 e. The Bertz CT molecular complexity index is 762. The molecule has 4 nitrogen and oxygen atoms in total. The van der Waals surface area contributed by atoms with Gasteiger partial charge in [0.2, 0.25) is 5.95 Å². The second-order valence-electron chi connectivity index (χ2n) is 4.84. The van der Waals surface area contributed by atoms with E-state index in [1.807, 2.05) is 34.9 Å². The normalized spacial score (nSPS) is 10.9. The topological polar surface area (TPSA) is 53.1 Å². The van der Waals surface area contributed by atoms with E-state index in [-0.39, 0.29) is 0 Å². The highest BCUT2D eigenvalue weighted by Crippen LogP contribution is 2.24. The maximum absolute atomic E-state index is 6.05. The summed E-state index contributed by atoms with van der Waals surface area (Å²) < 4.78 is 7.29. The summed E-state index contributed by atoms with van der Waals surface area (Å²) in [5, 5.41) is 0. The van der Waals surface area contributed by atoms with Crippen molar-refractivity contribution in [2.24, 2.45) is 0 Å². The largest absolute Gasteiger partial charge is 0.497 e. The summed E-state index contributed by atoms with van der Waals surface area (Å²) in [6.07, 6.45) is 0. The van der Waals surface area contributed by atoms with Gasteiger partial charge in [0.1, 0.15) is 5.75 Å². The Labute approximate surface area is 117 Å². The van der Waals surface area contributed by atoms with Crippen molar-refractivity contribution in [1.82, 2.24) is 9.55 Å². The molecule has 0 atom stereocenters. The van der Waals surface area contributed by atoms with Gasteiger partial charge in [-0.15, -0.1) is 0 Å². The number of nitrogens with zero attached hydrogens (tertiary/aromatic N) is 2. The van der Waals surface area contributed by atoms with Crippen LogP contribution < -0.4 is 10.5 Å². The van der Waals surface area contributed by atoms with Crippen LogP contribution in [-0.4, -0.2) is 16.7 Å². The van der Waals surface area contributed by atoms with E-state index in [1.54, 1.807) is 7.11 Å². The van der Waals surface area contributed by atoms with Gasteiger partial charge < -0.3 is 15.0 Å². The molecule has 0 saturated carbocycles. The van der Waals surface area contributed by atoms with Crippen LogP contribution >= 0.6 is 0 Å². The molecular formula is C16H17N3O. The molecule has 20 heavy (non-hydrogen) atoms. The second kappa shape index (κ2) is 4.89. The van der Waals surface area contributed by atoms with E-state index in [1.165, 1.54) is 11.1 Å². The Morgan fingerprint density at radius 1 is 1.20 bits per heavy atom. The molecule has 0 amide bonds. The lowest BCUT2D eigenvalue weighted by molar-refractivity contribution is 0.415. The summed E-state index contributed by atoms with van der Waals surface area (Å²) >= 11 is 0. The summed E-state index contributed by atoms with van der Waals surface area (Å²) in [5.74, 6) is 1.33. The van der Waals surface area contributed by atoms with Crippen LogP contribution in [0.3, 0.4) is 0 Å². The van der Waals surface area contributed by atoms with Gasteiger partial charge >= 0.3 is 0 Å². The van der Waals surface area contributed by atoms with Crippen molar-refractivity contribution >= 4 is 17.0 Å². The van der Waals surface area contributed by atoms with Crippen LogP contribution in [-0.2, 0) is 6.54 Å². The van der Waals surface area contributed by atoms with Crippen molar-refractivity contribution in [2.45, 2.75) is 13.5 Å². The Morgan fingerprint density at radius 3 is 2.75 bits per heavy atom. The van der Waals surface area contributed by atoms with Crippen LogP contribution in [0.15, 0.2) is 42.5 Å². The van der Waals surface area contributed by atoms with E-state index in [0.717, 1.165) is 16.8 Å². The summed E-state index contributed by atoms with van der Waals surface area (Å²) in [4.78, 5) is 4.40. The van der Waals surface area contributed by atoms with Gasteiger partial charge in [0.25, 0.3) is 0 Å². The molecule has 3 aromatic rings. The lowest BCUT2D eigenvalue weighted by Crippen LogP contribution is -2.05. The van der Waals surface area contributed by atoms with E-state index < -0.39 is 0 Å². The number of anilines is 1. The lowest BCUT2D eigenvalue weighted by atomic mass is 10.1. The van der Waals surface area contributed by atoms with E-state index >= 15 is 0 Å². The Morgan fingerprint density at radius 2 is 2.00 bits per heavy atom. The number of hydrogen-bond acceptors (Lipinski definition) is 3. The molecule has 0 bridgehead atoms. The van der Waals surface area contributed by atoms with Gasteiger partial charge in [0.05, 0.1) is 24.7 Å². The van der Waals surface area contributed by atoms with Crippen molar-refractivity contribution in [2.75, 3.05) is 12.8 Å². The number of fused-ring (bicyclic) bond motifs is 1. The zero-order chi connectivity index (χ0) is 14.1. The molecule has 1 heterocycles. The van der Waals surface area contributed by atoms with Gasteiger partial charge in [-0.2, -0.15) is 0 Å². The third-order valence-electron chi connectivity index (χ3n) is 3.57. The number of hydrogen-bond donors (Lipinski definition) is 1. The second-order valence-corrected chi connectivity index (χ2v) is 4.84. The number of nitrogen functional groups attached to an aromatic ring is 1. The smallest absolute Gasteiger partial charge is 0.201 e. The van der Waals surface area contributed by atoms with Crippen LogP contribution in [0.25, 0.3) is 11.0 Å². The highest BCUT2D eigenvalue weighted by Gasteiger charge is 2.10. The monoisotopic (exact) mass is 267 g/mol. The minimum absolute atomic E-state index is 0.525. The van der Waals surface area contributed by atoms with Crippen LogP contribution in [0.4, 0.5) is 5.95 Å². The first-order valence-electron chi connectivity index (χ1n) is 6.53. The molecule has 0 aliphatic carbocycles. The molecule has 0 aliphatic rings. The molecule has 0 radical (unpaired) electrons. The first-order valence-corrected chi connectivity index (χ1v) is 6.53. The van der Waals surface area contributed by atoms with Crippen LogP contribution in [0, 0.1) is 6.92 Å². The molecule has 0 spiro atoms. The average Bonchev–Trinajstić information content (AvgIpc) is 2.77. The number of methoxy groups -OCH3 is 1. The molecule has 0 saturated heterocycles. The third-order valence-corrected chi connectivity index (χ3v) is 3.57. The first-order chi connectivity index (χ1) is 9.69. The maximum atomic E-state index is 6.05. The standard InChI is InChI=1S/C16H17N3O/c1-11-5-3-4-6-12(11)10-19-15-9-13(20-2)7-8-14(15)18-16(19)17/h3-9H,10H2,1-2H3,(H2,17,18). The summed E-state index contributed by atoms with van der Waals surface area (Å²) in [6.45, 7) is 2.81. The minimum Gasteiger partial charge on any atom is -0.497 e. The first kappa shape index (κ1) is 12.5. The average molecular weight is 267 g/mol. The highest BCUT2D eigenvalue weighted by atomic mass is 16.5. The number of benzene rings is 2. The fraction of sp³-hybridized carbons (Fsp3) is 0.188. The van der Waals surface area contributed by atoms with Gasteiger partial charge in [-0.05, 0) is 30.2 Å². The molecule has 2 aromatic carbocycles. The summed E-state index contributed by atoms with van der Waals surface area (Å²) in [7, 11) is 1.66.